The van der Waals surface area contributed by atoms with Crippen molar-refractivity contribution in [2.45, 2.75) is 6.92 Å². The van der Waals surface area contributed by atoms with Gasteiger partial charge in [-0.2, -0.15) is 0 Å². The number of carbonyl (C=O) groups is 1. The second kappa shape index (κ2) is 3.66. The Morgan fingerprint density at radius 2 is 2.28 bits per heavy atom. The lowest BCUT2D eigenvalue weighted by Gasteiger charge is -1.93. The number of fused-ring (bicyclic) bond motifs is 1. The van der Waals surface area contributed by atoms with Crippen LogP contribution in [0.15, 0.2) is 23.1 Å². The van der Waals surface area contributed by atoms with Crippen LogP contribution in [0.4, 0.5) is 0 Å². The van der Waals surface area contributed by atoms with Crippen molar-refractivity contribution in [2.24, 2.45) is 0 Å². The topological polar surface area (TPSA) is 105 Å². The summed E-state index contributed by atoms with van der Waals surface area (Å²) in [6.07, 6.45) is 2.72. The van der Waals surface area contributed by atoms with Crippen LogP contribution in [0, 0.1) is 6.92 Å². The quantitative estimate of drug-likeness (QED) is 0.709. The van der Waals surface area contributed by atoms with Crippen LogP contribution in [0.1, 0.15) is 16.1 Å². The molecule has 0 fully saturated rings. The number of carboxylic acids is 1. The number of rotatable bonds is 2. The van der Waals surface area contributed by atoms with Crippen molar-refractivity contribution < 1.29 is 14.3 Å². The van der Waals surface area contributed by atoms with E-state index in [1.165, 1.54) is 18.7 Å². The van der Waals surface area contributed by atoms with Gasteiger partial charge in [-0.05, 0) is 13.0 Å². The van der Waals surface area contributed by atoms with Gasteiger partial charge in [-0.3, -0.25) is 0 Å². The highest BCUT2D eigenvalue weighted by atomic mass is 16.4. The number of aromatic amines is 1. The Balaban J connectivity index is 2.26. The molecule has 0 saturated carbocycles. The van der Waals surface area contributed by atoms with Gasteiger partial charge >= 0.3 is 5.97 Å². The minimum atomic E-state index is -1.04. The van der Waals surface area contributed by atoms with Crippen molar-refractivity contribution in [1.82, 2.24) is 19.9 Å². The zero-order valence-corrected chi connectivity index (χ0v) is 9.34. The number of nitrogens with zero attached hydrogens (tertiary/aromatic N) is 3. The number of hydrogen-bond acceptors (Lipinski definition) is 5. The van der Waals surface area contributed by atoms with Crippen LogP contribution in [-0.2, 0) is 0 Å². The van der Waals surface area contributed by atoms with E-state index in [0.29, 0.717) is 28.4 Å². The molecule has 3 aromatic rings. The molecule has 0 bridgehead atoms. The third-order valence-corrected chi connectivity index (χ3v) is 2.58. The molecule has 0 amide bonds. The van der Waals surface area contributed by atoms with E-state index in [1.807, 2.05) is 0 Å². The molecular formula is C11H8N4O3. The van der Waals surface area contributed by atoms with Crippen molar-refractivity contribution >= 4 is 17.1 Å². The lowest BCUT2D eigenvalue weighted by Crippen LogP contribution is -1.97. The van der Waals surface area contributed by atoms with Crippen LogP contribution in [0.25, 0.3) is 22.7 Å². The standard InChI is InChI=1S/C11H8N4O3/c1-5-8(18-4-13-5)10-14-7-6(11(16)17)2-3-12-9(7)15-10/h2-4H,1H3,(H,16,17)(H,12,14,15). The lowest BCUT2D eigenvalue weighted by molar-refractivity contribution is 0.0698. The number of nitrogens with one attached hydrogen (secondary N) is 1. The Morgan fingerprint density at radius 3 is 2.94 bits per heavy atom. The Kier molecular flexibility index (Phi) is 2.12. The monoisotopic (exact) mass is 244 g/mol. The summed E-state index contributed by atoms with van der Waals surface area (Å²) in [6, 6.07) is 1.42. The SMILES string of the molecule is Cc1ncoc1-c1nc2nccc(C(=O)O)c2[nH]1. The second-order valence-electron chi connectivity index (χ2n) is 3.71. The van der Waals surface area contributed by atoms with Crippen LogP contribution in [0.5, 0.6) is 0 Å². The molecule has 7 heteroatoms. The molecule has 3 aromatic heterocycles. The predicted octanol–water partition coefficient (Wildman–Crippen LogP) is 1.62. The third-order valence-electron chi connectivity index (χ3n) is 2.58. The van der Waals surface area contributed by atoms with Crippen LogP contribution in [-0.4, -0.2) is 31.0 Å². The average Bonchev–Trinajstić information content (AvgIpc) is 2.92. The van der Waals surface area contributed by atoms with Gasteiger partial charge < -0.3 is 14.5 Å². The zero-order valence-electron chi connectivity index (χ0n) is 9.34. The molecule has 3 rings (SSSR count). The average molecular weight is 244 g/mol. The molecule has 0 spiro atoms. The number of carboxylic acid groups (broad SMARTS) is 1. The van der Waals surface area contributed by atoms with Gasteiger partial charge in [-0.25, -0.2) is 19.7 Å². The first kappa shape index (κ1) is 10.5. The Labute approximate surface area is 101 Å². The summed E-state index contributed by atoms with van der Waals surface area (Å²) in [5, 5.41) is 9.07. The maximum atomic E-state index is 11.1. The molecule has 0 radical (unpaired) electrons. The maximum Gasteiger partial charge on any atom is 0.338 e. The van der Waals surface area contributed by atoms with E-state index in [2.05, 4.69) is 19.9 Å². The molecule has 18 heavy (non-hydrogen) atoms. The number of hydrogen-bond donors (Lipinski definition) is 2. The zero-order chi connectivity index (χ0) is 12.7. The van der Waals surface area contributed by atoms with E-state index in [-0.39, 0.29) is 5.56 Å². The van der Waals surface area contributed by atoms with Crippen LogP contribution in [0.3, 0.4) is 0 Å². The van der Waals surface area contributed by atoms with E-state index in [9.17, 15) is 4.79 Å². The minimum absolute atomic E-state index is 0.121. The fourth-order valence-electron chi connectivity index (χ4n) is 1.73. The van der Waals surface area contributed by atoms with Crippen molar-refractivity contribution in [3.8, 4) is 11.6 Å². The summed E-state index contributed by atoms with van der Waals surface area (Å²) in [5.41, 5.74) is 1.50. The first-order valence-corrected chi connectivity index (χ1v) is 5.15. The maximum absolute atomic E-state index is 11.1. The fraction of sp³-hybridized carbons (Fsp3) is 0.0909. The van der Waals surface area contributed by atoms with E-state index < -0.39 is 5.97 Å². The highest BCUT2D eigenvalue weighted by molar-refractivity contribution is 6.00. The molecule has 0 saturated heterocycles. The first-order valence-electron chi connectivity index (χ1n) is 5.15. The summed E-state index contributed by atoms with van der Waals surface area (Å²) < 4.78 is 5.20. The van der Waals surface area contributed by atoms with E-state index in [0.717, 1.165) is 0 Å². The normalized spacial score (nSPS) is 10.9. The number of aryl methyl sites for hydroxylation is 1. The third kappa shape index (κ3) is 1.45. The molecule has 3 heterocycles. The van der Waals surface area contributed by atoms with Crippen molar-refractivity contribution in [1.29, 1.82) is 0 Å². The van der Waals surface area contributed by atoms with Crippen LogP contribution < -0.4 is 0 Å². The molecule has 90 valence electrons. The largest absolute Gasteiger partial charge is 0.478 e. The molecule has 0 aliphatic heterocycles. The summed E-state index contributed by atoms with van der Waals surface area (Å²) in [6.45, 7) is 1.78. The van der Waals surface area contributed by atoms with Gasteiger partial charge in [0.1, 0.15) is 0 Å². The van der Waals surface area contributed by atoms with E-state index in [4.69, 9.17) is 9.52 Å². The van der Waals surface area contributed by atoms with Crippen molar-refractivity contribution in [3.05, 3.63) is 29.9 Å². The molecular weight excluding hydrogens is 236 g/mol. The van der Waals surface area contributed by atoms with Crippen LogP contribution in [0.2, 0.25) is 0 Å². The summed E-state index contributed by atoms with van der Waals surface area (Å²) in [7, 11) is 0. The molecule has 0 aliphatic carbocycles. The predicted molar refractivity (Wildman–Crippen MR) is 61.1 cm³/mol. The number of aromatic carboxylic acids is 1. The second-order valence-corrected chi connectivity index (χ2v) is 3.71. The van der Waals surface area contributed by atoms with Gasteiger partial charge in [0.2, 0.25) is 0 Å². The number of aromatic nitrogens is 4. The molecule has 0 unspecified atom stereocenters. The van der Waals surface area contributed by atoms with Gasteiger partial charge in [0.15, 0.2) is 23.6 Å². The molecule has 0 aromatic carbocycles. The number of oxazole rings is 1. The Morgan fingerprint density at radius 1 is 1.44 bits per heavy atom. The highest BCUT2D eigenvalue weighted by Crippen LogP contribution is 2.23. The number of imidazole rings is 1. The van der Waals surface area contributed by atoms with Gasteiger partial charge in [0.05, 0.1) is 16.8 Å². The van der Waals surface area contributed by atoms with Gasteiger partial charge in [0, 0.05) is 6.20 Å². The highest BCUT2D eigenvalue weighted by Gasteiger charge is 2.16. The Bertz CT molecular complexity index is 744. The summed E-state index contributed by atoms with van der Waals surface area (Å²) >= 11 is 0. The number of pyridine rings is 1. The van der Waals surface area contributed by atoms with E-state index >= 15 is 0 Å². The molecule has 2 N–H and O–H groups in total. The minimum Gasteiger partial charge on any atom is -0.478 e. The lowest BCUT2D eigenvalue weighted by atomic mass is 10.2. The van der Waals surface area contributed by atoms with Crippen molar-refractivity contribution in [2.75, 3.05) is 0 Å². The summed E-state index contributed by atoms with van der Waals surface area (Å²) in [4.78, 5) is 26.1. The fourth-order valence-corrected chi connectivity index (χ4v) is 1.73. The van der Waals surface area contributed by atoms with Crippen LogP contribution >= 0.6 is 0 Å². The smallest absolute Gasteiger partial charge is 0.338 e. The molecule has 0 atom stereocenters. The van der Waals surface area contributed by atoms with Crippen molar-refractivity contribution in [3.63, 3.8) is 0 Å². The van der Waals surface area contributed by atoms with Gasteiger partial charge in [-0.1, -0.05) is 0 Å². The van der Waals surface area contributed by atoms with Gasteiger partial charge in [-0.15, -0.1) is 0 Å². The van der Waals surface area contributed by atoms with E-state index in [1.54, 1.807) is 6.92 Å². The molecule has 0 aliphatic rings. The molecule has 7 nitrogen and oxygen atoms in total. The number of H-pyrrole nitrogens is 1. The Hall–Kier alpha value is -2.70. The van der Waals surface area contributed by atoms with Gasteiger partial charge in [0.25, 0.3) is 0 Å². The first-order chi connectivity index (χ1) is 8.66. The summed E-state index contributed by atoms with van der Waals surface area (Å²) in [5.74, 6) is -0.141.